The Morgan fingerprint density at radius 1 is 1.27 bits per heavy atom. The lowest BCUT2D eigenvalue weighted by Gasteiger charge is -2.29. The first-order valence-corrected chi connectivity index (χ1v) is 11.4. The molecule has 1 fully saturated rings. The molecule has 1 saturated heterocycles. The fraction of sp³-hybridized carbons (Fsp3) is 0.409. The molecule has 2 aromatic carbocycles. The lowest BCUT2D eigenvalue weighted by atomic mass is 10.1. The van der Waals surface area contributed by atoms with Crippen molar-refractivity contribution in [3.05, 3.63) is 74.8 Å². The monoisotopic (exact) mass is 447 g/mol. The van der Waals surface area contributed by atoms with Crippen LogP contribution >= 0.6 is 23.4 Å². The van der Waals surface area contributed by atoms with Gasteiger partial charge in [0, 0.05) is 48.1 Å². The third kappa shape index (κ3) is 5.74. The van der Waals surface area contributed by atoms with Crippen LogP contribution in [0.4, 0.5) is 5.69 Å². The van der Waals surface area contributed by atoms with Crippen molar-refractivity contribution in [2.45, 2.75) is 25.8 Å². The highest BCUT2D eigenvalue weighted by molar-refractivity contribution is 7.99. The van der Waals surface area contributed by atoms with Crippen molar-refractivity contribution in [1.82, 2.24) is 9.80 Å². The molecule has 8 heteroatoms. The Morgan fingerprint density at radius 2 is 1.97 bits per heavy atom. The summed E-state index contributed by atoms with van der Waals surface area (Å²) in [5.74, 6) is 1.35. The van der Waals surface area contributed by atoms with E-state index in [2.05, 4.69) is 18.7 Å². The molecular formula is C22H26ClN3O3S. The molecule has 0 saturated carbocycles. The van der Waals surface area contributed by atoms with Crippen LogP contribution in [0.1, 0.15) is 30.3 Å². The zero-order valence-corrected chi connectivity index (χ0v) is 18.7. The van der Waals surface area contributed by atoms with E-state index < -0.39 is 4.92 Å². The Labute approximate surface area is 186 Å². The Balaban J connectivity index is 1.71. The summed E-state index contributed by atoms with van der Waals surface area (Å²) in [5, 5.41) is 11.5. The fourth-order valence-electron chi connectivity index (χ4n) is 3.62. The summed E-state index contributed by atoms with van der Waals surface area (Å²) >= 11 is 8.12. The summed E-state index contributed by atoms with van der Waals surface area (Å²) < 4.78 is 0. The predicted molar refractivity (Wildman–Crippen MR) is 122 cm³/mol. The maximum absolute atomic E-state index is 13.2. The van der Waals surface area contributed by atoms with Crippen molar-refractivity contribution in [2.24, 2.45) is 5.92 Å². The van der Waals surface area contributed by atoms with Gasteiger partial charge in [-0.3, -0.25) is 19.8 Å². The van der Waals surface area contributed by atoms with Gasteiger partial charge in [0.25, 0.3) is 5.69 Å². The lowest BCUT2D eigenvalue weighted by Crippen LogP contribution is -2.41. The van der Waals surface area contributed by atoms with E-state index in [-0.39, 0.29) is 17.0 Å². The van der Waals surface area contributed by atoms with Crippen molar-refractivity contribution in [3.8, 4) is 0 Å². The van der Waals surface area contributed by atoms with Crippen LogP contribution in [0.3, 0.4) is 0 Å². The fourth-order valence-corrected chi connectivity index (χ4v) is 5.24. The Kier molecular flexibility index (Phi) is 7.75. The number of halogens is 1. The summed E-state index contributed by atoms with van der Waals surface area (Å²) in [5.41, 5.74) is 2.00. The zero-order valence-electron chi connectivity index (χ0n) is 17.2. The maximum atomic E-state index is 13.2. The van der Waals surface area contributed by atoms with Gasteiger partial charge in [-0.2, -0.15) is 0 Å². The summed E-state index contributed by atoms with van der Waals surface area (Å²) in [6, 6.07) is 14.2. The van der Waals surface area contributed by atoms with E-state index in [4.69, 9.17) is 11.6 Å². The van der Waals surface area contributed by atoms with Crippen LogP contribution in [0.2, 0.25) is 5.02 Å². The average molecular weight is 448 g/mol. The van der Waals surface area contributed by atoms with Crippen molar-refractivity contribution in [2.75, 3.05) is 25.4 Å². The molecule has 0 radical (unpaired) electrons. The molecule has 160 valence electrons. The summed E-state index contributed by atoms with van der Waals surface area (Å²) in [6.07, 6.45) is 0. The van der Waals surface area contributed by atoms with E-state index in [1.54, 1.807) is 23.9 Å². The number of non-ortho nitro benzene ring substituents is 1. The quantitative estimate of drug-likeness (QED) is 0.421. The predicted octanol–water partition coefficient (Wildman–Crippen LogP) is 4.98. The molecule has 1 amide bonds. The first kappa shape index (κ1) is 22.6. The zero-order chi connectivity index (χ0) is 21.7. The second kappa shape index (κ2) is 10.3. The minimum absolute atomic E-state index is 0.0634. The maximum Gasteiger partial charge on any atom is 0.269 e. The number of amides is 1. The molecule has 6 nitrogen and oxygen atoms in total. The molecule has 1 atom stereocenters. The van der Waals surface area contributed by atoms with E-state index in [9.17, 15) is 14.9 Å². The van der Waals surface area contributed by atoms with Crippen molar-refractivity contribution in [3.63, 3.8) is 0 Å². The van der Waals surface area contributed by atoms with Gasteiger partial charge in [-0.15, -0.1) is 11.8 Å². The molecule has 0 N–H and O–H groups in total. The number of thioether (sulfide) groups is 1. The van der Waals surface area contributed by atoms with Crippen molar-refractivity contribution < 1.29 is 9.72 Å². The van der Waals surface area contributed by atoms with E-state index in [1.165, 1.54) is 12.1 Å². The number of nitrogens with zero attached hydrogens (tertiary/aromatic N) is 3. The van der Waals surface area contributed by atoms with Crippen LogP contribution in [0.15, 0.2) is 48.5 Å². The SMILES string of the molecule is CC(C)CN(CC(=O)N1CCSC1c1ccccc1Cl)Cc1ccc([N+](=O)[O-])cc1. The van der Waals surface area contributed by atoms with Gasteiger partial charge in [0.05, 0.1) is 11.5 Å². The van der Waals surface area contributed by atoms with Gasteiger partial charge in [-0.25, -0.2) is 0 Å². The lowest BCUT2D eigenvalue weighted by molar-refractivity contribution is -0.384. The smallest absolute Gasteiger partial charge is 0.269 e. The van der Waals surface area contributed by atoms with Gasteiger partial charge in [-0.05, 0) is 17.5 Å². The molecule has 1 aliphatic heterocycles. The van der Waals surface area contributed by atoms with Crippen LogP contribution < -0.4 is 0 Å². The first-order chi connectivity index (χ1) is 14.3. The van der Waals surface area contributed by atoms with Crippen LogP contribution in [0, 0.1) is 16.0 Å². The molecule has 0 bridgehead atoms. The highest BCUT2D eigenvalue weighted by atomic mass is 35.5. The Morgan fingerprint density at radius 3 is 2.60 bits per heavy atom. The van der Waals surface area contributed by atoms with E-state index in [0.717, 1.165) is 23.4 Å². The number of hydrogen-bond acceptors (Lipinski definition) is 5. The summed E-state index contributed by atoms with van der Waals surface area (Å²) in [7, 11) is 0. The molecule has 0 aromatic heterocycles. The molecule has 0 spiro atoms. The molecule has 2 aromatic rings. The van der Waals surface area contributed by atoms with Crippen molar-refractivity contribution in [1.29, 1.82) is 0 Å². The van der Waals surface area contributed by atoms with Gasteiger partial charge in [0.15, 0.2) is 0 Å². The molecule has 0 aliphatic carbocycles. The number of nitro benzene ring substituents is 1. The van der Waals surface area contributed by atoms with Crippen LogP contribution in [0.25, 0.3) is 0 Å². The van der Waals surface area contributed by atoms with Crippen LogP contribution in [-0.4, -0.2) is 46.0 Å². The Bertz CT molecular complexity index is 891. The number of carbonyl (C=O) groups is 1. The van der Waals surface area contributed by atoms with Crippen LogP contribution in [-0.2, 0) is 11.3 Å². The number of rotatable bonds is 8. The summed E-state index contributed by atoms with van der Waals surface area (Å²) in [6.45, 7) is 6.57. The molecule has 1 unspecified atom stereocenters. The van der Waals surface area contributed by atoms with Gasteiger partial charge in [0.2, 0.25) is 5.91 Å². The van der Waals surface area contributed by atoms with Crippen molar-refractivity contribution >= 4 is 35.0 Å². The van der Waals surface area contributed by atoms with Gasteiger partial charge in [0.1, 0.15) is 5.37 Å². The number of carbonyl (C=O) groups excluding carboxylic acids is 1. The van der Waals surface area contributed by atoms with E-state index in [1.807, 2.05) is 29.2 Å². The molecule has 3 rings (SSSR count). The molecule has 1 heterocycles. The molecular weight excluding hydrogens is 422 g/mol. The van der Waals surface area contributed by atoms with Gasteiger partial charge >= 0.3 is 0 Å². The largest absolute Gasteiger partial charge is 0.325 e. The summed E-state index contributed by atoms with van der Waals surface area (Å²) in [4.78, 5) is 27.7. The van der Waals surface area contributed by atoms with Gasteiger partial charge < -0.3 is 4.90 Å². The molecule has 30 heavy (non-hydrogen) atoms. The first-order valence-electron chi connectivity index (χ1n) is 9.96. The second-order valence-electron chi connectivity index (χ2n) is 7.82. The third-order valence-corrected chi connectivity index (χ3v) is 6.50. The topological polar surface area (TPSA) is 66.7 Å². The average Bonchev–Trinajstić information content (AvgIpc) is 3.18. The Hall–Kier alpha value is -2.09. The number of nitro groups is 1. The van der Waals surface area contributed by atoms with Crippen LogP contribution in [0.5, 0.6) is 0 Å². The van der Waals surface area contributed by atoms with Gasteiger partial charge in [-0.1, -0.05) is 55.8 Å². The van der Waals surface area contributed by atoms with E-state index in [0.29, 0.717) is 30.6 Å². The number of benzene rings is 2. The highest BCUT2D eigenvalue weighted by Gasteiger charge is 2.32. The molecule has 1 aliphatic rings. The highest BCUT2D eigenvalue weighted by Crippen LogP contribution is 2.40. The minimum Gasteiger partial charge on any atom is -0.325 e. The second-order valence-corrected chi connectivity index (χ2v) is 9.41. The standard InChI is InChI=1S/C22H26ClN3O3S/c1-16(2)13-24(14-17-7-9-18(10-8-17)26(28)29)15-21(27)25-11-12-30-22(25)19-5-3-4-6-20(19)23/h3-10,16,22H,11-15H2,1-2H3. The number of hydrogen-bond donors (Lipinski definition) is 0. The minimum atomic E-state index is -0.404. The third-order valence-electron chi connectivity index (χ3n) is 4.92. The normalized spacial score (nSPS) is 16.4. The van der Waals surface area contributed by atoms with E-state index >= 15 is 0 Å².